The molecule has 8 nitrogen and oxygen atoms in total. The topological polar surface area (TPSA) is 108 Å². The molecule has 0 bridgehead atoms. The second-order valence-corrected chi connectivity index (χ2v) is 21.3. The Balaban J connectivity index is 4.03. The van der Waals surface area contributed by atoms with Crippen LogP contribution < -0.4 is 10.2 Å². The monoisotopic (exact) mass is 1010 g/mol. The van der Waals surface area contributed by atoms with Crippen LogP contribution in [0.1, 0.15) is 213 Å². The third-order valence-corrected chi connectivity index (χ3v) is 12.9. The van der Waals surface area contributed by atoms with Gasteiger partial charge in [-0.2, -0.15) is 0 Å². The molecule has 0 heterocycles. The first-order valence-electron chi connectivity index (χ1n) is 28.4. The lowest BCUT2D eigenvalue weighted by Crippen LogP contribution is -2.45. The summed E-state index contributed by atoms with van der Waals surface area (Å²) in [6.45, 7) is 4.49. The van der Waals surface area contributed by atoms with Crippen LogP contribution in [-0.4, -0.2) is 68.5 Å². The Morgan fingerprint density at radius 1 is 0.507 bits per heavy atom. The molecule has 0 saturated heterocycles. The maximum absolute atomic E-state index is 12.9. The molecule has 2 N–H and O–H groups in total. The second-order valence-electron chi connectivity index (χ2n) is 19.9. The van der Waals surface area contributed by atoms with Crippen molar-refractivity contribution in [2.75, 3.05) is 40.9 Å². The number of quaternary nitrogens is 1. The molecule has 0 fully saturated rings. The molecule has 3 atom stereocenters. The van der Waals surface area contributed by atoms with E-state index in [1.807, 2.05) is 27.2 Å². The van der Waals surface area contributed by atoms with E-state index in [9.17, 15) is 19.4 Å². The first-order chi connectivity index (χ1) is 34.5. The summed E-state index contributed by atoms with van der Waals surface area (Å²) in [6.07, 6.45) is 77.1. The summed E-state index contributed by atoms with van der Waals surface area (Å²) < 4.78 is 23.2. The number of nitrogens with zero attached hydrogens (tertiary/aromatic N) is 1. The number of amides is 1. The maximum Gasteiger partial charge on any atom is 0.268 e. The number of phosphoric acid groups is 1. The molecule has 9 heteroatoms. The summed E-state index contributed by atoms with van der Waals surface area (Å²) in [4.78, 5) is 25.4. The van der Waals surface area contributed by atoms with Crippen molar-refractivity contribution >= 4 is 13.7 Å². The van der Waals surface area contributed by atoms with Gasteiger partial charge in [0.05, 0.1) is 39.9 Å². The van der Waals surface area contributed by atoms with Gasteiger partial charge in [-0.1, -0.05) is 238 Å². The average Bonchev–Trinajstić information content (AvgIpc) is 3.33. The number of aliphatic hydroxyl groups is 1. The number of likely N-dealkylation sites (N-methyl/N-ethyl adjacent to an activating group) is 1. The van der Waals surface area contributed by atoms with E-state index in [4.69, 9.17) is 9.05 Å². The molecule has 71 heavy (non-hydrogen) atoms. The molecule has 0 aliphatic carbocycles. The van der Waals surface area contributed by atoms with E-state index in [0.29, 0.717) is 17.4 Å². The van der Waals surface area contributed by atoms with Crippen LogP contribution in [0.3, 0.4) is 0 Å². The zero-order valence-corrected chi connectivity index (χ0v) is 47.0. The highest BCUT2D eigenvalue weighted by Gasteiger charge is 2.23. The van der Waals surface area contributed by atoms with E-state index >= 15 is 0 Å². The Kier molecular flexibility index (Phi) is 49.5. The number of carbonyl (C=O) groups excluding carboxylic acids is 1. The zero-order chi connectivity index (χ0) is 52.0. The van der Waals surface area contributed by atoms with Gasteiger partial charge < -0.3 is 28.8 Å². The van der Waals surface area contributed by atoms with Crippen LogP contribution in [0.2, 0.25) is 0 Å². The number of phosphoric ester groups is 1. The molecule has 0 aliphatic rings. The van der Waals surface area contributed by atoms with Crippen molar-refractivity contribution in [1.82, 2.24) is 5.32 Å². The standard InChI is InChI=1S/C62H107N2O6P/c1-6-8-10-12-14-16-18-19-20-21-22-23-24-25-26-27-28-29-30-31-32-33-34-35-36-37-38-39-40-41-42-43-44-45-46-48-50-52-54-56-62(66)63-60(59-70-71(67,68)69-58-57-64(3,4)5)61(65)55-53-51-49-47-17-15-13-11-9-7-2/h8,10,14,16,19-20,22-23,25-26,28-29,31-32,34-35,37-38,53,55,60-61,65H,6-7,9,11-13,15,17-18,21,24,27,30,33,36,39-52,54,56-59H2,1-5H3,(H-,63,66,67,68)/b10-8-,16-14-,20-19-,23-22-,26-25-,29-28-,32-31-,35-34-,38-37-,55-53+. The molecule has 406 valence electrons. The number of unbranched alkanes of at least 4 members (excludes halogenated alkanes) is 19. The van der Waals surface area contributed by atoms with Crippen molar-refractivity contribution in [2.24, 2.45) is 0 Å². The normalized spacial score (nSPS) is 14.9. The summed E-state index contributed by atoms with van der Waals surface area (Å²) in [6, 6.07) is -0.893. The Morgan fingerprint density at radius 3 is 1.25 bits per heavy atom. The van der Waals surface area contributed by atoms with E-state index in [2.05, 4.69) is 129 Å². The first-order valence-corrected chi connectivity index (χ1v) is 29.9. The average molecular weight is 1010 g/mol. The fourth-order valence-corrected chi connectivity index (χ4v) is 8.22. The van der Waals surface area contributed by atoms with Gasteiger partial charge in [-0.3, -0.25) is 9.36 Å². The summed E-state index contributed by atoms with van der Waals surface area (Å²) in [5, 5.41) is 13.8. The fourth-order valence-electron chi connectivity index (χ4n) is 7.50. The van der Waals surface area contributed by atoms with Crippen molar-refractivity contribution in [2.45, 2.75) is 225 Å². The van der Waals surface area contributed by atoms with Gasteiger partial charge in [0.15, 0.2) is 0 Å². The Hall–Kier alpha value is -3.10. The van der Waals surface area contributed by atoms with E-state index in [-0.39, 0.29) is 19.1 Å². The highest BCUT2D eigenvalue weighted by molar-refractivity contribution is 7.45. The highest BCUT2D eigenvalue weighted by Crippen LogP contribution is 2.38. The molecule has 0 aliphatic heterocycles. The molecule has 3 unspecified atom stereocenters. The molecular formula is C62H107N2O6P. The lowest BCUT2D eigenvalue weighted by molar-refractivity contribution is -0.870. The first kappa shape index (κ1) is 67.9. The third-order valence-electron chi connectivity index (χ3n) is 11.9. The summed E-state index contributed by atoms with van der Waals surface area (Å²) in [5.74, 6) is -0.208. The van der Waals surface area contributed by atoms with E-state index in [1.165, 1.54) is 89.9 Å². The molecule has 0 aromatic rings. The van der Waals surface area contributed by atoms with Crippen molar-refractivity contribution in [3.63, 3.8) is 0 Å². The summed E-state index contributed by atoms with van der Waals surface area (Å²) >= 11 is 0. The summed E-state index contributed by atoms with van der Waals surface area (Å²) in [5.41, 5.74) is 0. The molecular weight excluding hydrogens is 900 g/mol. The predicted octanol–water partition coefficient (Wildman–Crippen LogP) is 16.7. The van der Waals surface area contributed by atoms with Crippen LogP contribution in [-0.2, 0) is 18.4 Å². The number of allylic oxidation sites excluding steroid dienone is 19. The number of aliphatic hydroxyl groups excluding tert-OH is 1. The summed E-state index contributed by atoms with van der Waals surface area (Å²) in [7, 11) is 1.24. The minimum atomic E-state index is -4.60. The minimum absolute atomic E-state index is 0.00678. The largest absolute Gasteiger partial charge is 0.756 e. The molecule has 0 rings (SSSR count). The Morgan fingerprint density at radius 2 is 0.859 bits per heavy atom. The molecule has 0 spiro atoms. The van der Waals surface area contributed by atoms with Crippen LogP contribution >= 0.6 is 7.82 Å². The Labute approximate surface area is 437 Å². The molecule has 0 aromatic heterocycles. The predicted molar refractivity (Wildman–Crippen MR) is 306 cm³/mol. The number of rotatable bonds is 50. The van der Waals surface area contributed by atoms with Gasteiger partial charge in [0.25, 0.3) is 7.82 Å². The van der Waals surface area contributed by atoms with Gasteiger partial charge in [-0.15, -0.1) is 0 Å². The second kappa shape index (κ2) is 51.8. The lowest BCUT2D eigenvalue weighted by Gasteiger charge is -2.29. The van der Waals surface area contributed by atoms with Gasteiger partial charge in [-0.25, -0.2) is 0 Å². The Bertz CT molecular complexity index is 1560. The smallest absolute Gasteiger partial charge is 0.268 e. The lowest BCUT2D eigenvalue weighted by atomic mass is 10.0. The number of carbonyl (C=O) groups is 1. The van der Waals surface area contributed by atoms with Gasteiger partial charge in [0.2, 0.25) is 5.91 Å². The highest BCUT2D eigenvalue weighted by atomic mass is 31.2. The van der Waals surface area contributed by atoms with E-state index < -0.39 is 20.0 Å². The fraction of sp³-hybridized carbons (Fsp3) is 0.661. The van der Waals surface area contributed by atoms with Gasteiger partial charge in [0.1, 0.15) is 13.2 Å². The quantitative estimate of drug-likeness (QED) is 0.0272. The van der Waals surface area contributed by atoms with Crippen molar-refractivity contribution in [1.29, 1.82) is 0 Å². The van der Waals surface area contributed by atoms with Gasteiger partial charge in [0, 0.05) is 6.42 Å². The molecule has 0 saturated carbocycles. The van der Waals surface area contributed by atoms with Gasteiger partial charge >= 0.3 is 0 Å². The molecule has 0 radical (unpaired) electrons. The van der Waals surface area contributed by atoms with E-state index in [1.54, 1.807) is 6.08 Å². The molecule has 1 amide bonds. The SMILES string of the molecule is CC/C=C\C/C=C\C/C=C\C/C=C\C/C=C\C/C=C\C/C=C\C/C=C\C/C=C\CCCCCCCCCCCCCC(=O)NC(COP(=O)([O-])OCC[N+](C)(C)C)C(O)/C=C/CCCCCCCCCC. The maximum atomic E-state index is 12.9. The number of nitrogens with one attached hydrogen (secondary N) is 1. The van der Waals surface area contributed by atoms with Crippen molar-refractivity contribution in [3.05, 3.63) is 122 Å². The number of hydrogen-bond acceptors (Lipinski definition) is 6. The van der Waals surface area contributed by atoms with Gasteiger partial charge in [-0.05, 0) is 89.9 Å². The van der Waals surface area contributed by atoms with Crippen molar-refractivity contribution in [3.8, 4) is 0 Å². The van der Waals surface area contributed by atoms with Crippen LogP contribution in [0.15, 0.2) is 122 Å². The molecule has 0 aromatic carbocycles. The third kappa shape index (κ3) is 54.5. The zero-order valence-electron chi connectivity index (χ0n) is 46.1. The van der Waals surface area contributed by atoms with Crippen molar-refractivity contribution < 1.29 is 32.9 Å². The minimum Gasteiger partial charge on any atom is -0.756 e. The van der Waals surface area contributed by atoms with E-state index in [0.717, 1.165) is 103 Å². The number of hydrogen-bond donors (Lipinski definition) is 2. The van der Waals surface area contributed by atoms with Crippen LogP contribution in [0.4, 0.5) is 0 Å². The van der Waals surface area contributed by atoms with Crippen LogP contribution in [0, 0.1) is 0 Å². The van der Waals surface area contributed by atoms with Crippen LogP contribution in [0.25, 0.3) is 0 Å². The van der Waals surface area contributed by atoms with Crippen LogP contribution in [0.5, 0.6) is 0 Å².